The van der Waals surface area contributed by atoms with Gasteiger partial charge in [-0.1, -0.05) is 0 Å². The van der Waals surface area contributed by atoms with Gasteiger partial charge in [0.05, 0.1) is 15.4 Å². The largest absolute Gasteiger partial charge is 0.478 e. The van der Waals surface area contributed by atoms with Crippen LogP contribution in [-0.2, 0) is 9.84 Å². The van der Waals surface area contributed by atoms with Crippen molar-refractivity contribution in [2.45, 2.75) is 9.79 Å². The summed E-state index contributed by atoms with van der Waals surface area (Å²) in [4.78, 5) is 10.9. The zero-order valence-electron chi connectivity index (χ0n) is 9.78. The van der Waals surface area contributed by atoms with Gasteiger partial charge in [0.2, 0.25) is 9.84 Å². The molecule has 0 unspecified atom stereocenters. The summed E-state index contributed by atoms with van der Waals surface area (Å²) in [5.74, 6) is -1.10. The lowest BCUT2D eigenvalue weighted by molar-refractivity contribution is 0.0697. The molecule has 0 radical (unpaired) electrons. The first-order valence-corrected chi connectivity index (χ1v) is 6.83. The van der Waals surface area contributed by atoms with Gasteiger partial charge in [0.25, 0.3) is 0 Å². The molecule has 0 amide bonds. The summed E-state index contributed by atoms with van der Waals surface area (Å²) < 4.78 is 24.5. The van der Waals surface area contributed by atoms with Gasteiger partial charge in [-0.2, -0.15) is 0 Å². The Balaban J connectivity index is 2.44. The van der Waals surface area contributed by atoms with E-state index >= 15 is 0 Å². The van der Waals surface area contributed by atoms with Crippen LogP contribution in [0.4, 0.5) is 5.69 Å². The van der Waals surface area contributed by atoms with E-state index in [0.717, 1.165) is 0 Å². The Morgan fingerprint density at radius 3 is 1.74 bits per heavy atom. The number of aromatic carboxylic acids is 1. The Hall–Kier alpha value is -2.34. The monoisotopic (exact) mass is 277 g/mol. The number of nitrogen functional groups attached to an aromatic ring is 1. The van der Waals surface area contributed by atoms with E-state index in [4.69, 9.17) is 10.8 Å². The van der Waals surface area contributed by atoms with Crippen LogP contribution in [0.5, 0.6) is 0 Å². The molecule has 5 nitrogen and oxygen atoms in total. The molecule has 0 aromatic heterocycles. The van der Waals surface area contributed by atoms with Crippen LogP contribution in [0, 0.1) is 0 Å². The van der Waals surface area contributed by atoms with Crippen LogP contribution in [0.1, 0.15) is 10.4 Å². The Labute approximate surface area is 110 Å². The average molecular weight is 277 g/mol. The second-order valence-electron chi connectivity index (χ2n) is 3.90. The molecule has 2 aromatic carbocycles. The van der Waals surface area contributed by atoms with Crippen molar-refractivity contribution in [1.29, 1.82) is 0 Å². The molecule has 19 heavy (non-hydrogen) atoms. The highest BCUT2D eigenvalue weighted by atomic mass is 32.2. The van der Waals surface area contributed by atoms with Crippen molar-refractivity contribution in [1.82, 2.24) is 0 Å². The lowest BCUT2D eigenvalue weighted by atomic mass is 10.2. The van der Waals surface area contributed by atoms with Crippen molar-refractivity contribution in [2.75, 3.05) is 5.73 Å². The summed E-state index contributed by atoms with van der Waals surface area (Å²) in [5, 5.41) is 8.76. The summed E-state index contributed by atoms with van der Waals surface area (Å²) >= 11 is 0. The quantitative estimate of drug-likeness (QED) is 0.834. The molecule has 0 bridgehead atoms. The molecule has 0 saturated heterocycles. The third-order valence-electron chi connectivity index (χ3n) is 2.60. The van der Waals surface area contributed by atoms with E-state index in [2.05, 4.69) is 0 Å². The Morgan fingerprint density at radius 1 is 0.895 bits per heavy atom. The van der Waals surface area contributed by atoms with E-state index in [-0.39, 0.29) is 15.4 Å². The maximum atomic E-state index is 12.2. The van der Waals surface area contributed by atoms with Crippen molar-refractivity contribution in [3.63, 3.8) is 0 Å². The Bertz CT molecular complexity index is 703. The first kappa shape index (κ1) is 13.1. The lowest BCUT2D eigenvalue weighted by Crippen LogP contribution is -2.03. The van der Waals surface area contributed by atoms with Crippen LogP contribution in [0.3, 0.4) is 0 Å². The molecule has 0 aliphatic carbocycles. The maximum absolute atomic E-state index is 12.2. The predicted octanol–water partition coefficient (Wildman–Crippen LogP) is 1.80. The number of hydrogen-bond donors (Lipinski definition) is 2. The number of carbonyl (C=O) groups is 1. The van der Waals surface area contributed by atoms with Gasteiger partial charge in [-0.25, -0.2) is 13.2 Å². The molecule has 3 N–H and O–H groups in total. The van der Waals surface area contributed by atoms with Crippen molar-refractivity contribution >= 4 is 21.5 Å². The summed E-state index contributed by atoms with van der Waals surface area (Å²) in [6.45, 7) is 0. The van der Waals surface area contributed by atoms with E-state index in [1.807, 2.05) is 0 Å². The molecule has 0 aliphatic rings. The van der Waals surface area contributed by atoms with Crippen molar-refractivity contribution in [2.24, 2.45) is 0 Å². The minimum absolute atomic E-state index is 0.0382. The number of carboxylic acid groups (broad SMARTS) is 1. The maximum Gasteiger partial charge on any atom is 0.335 e. The van der Waals surface area contributed by atoms with Crippen LogP contribution in [0.2, 0.25) is 0 Å². The van der Waals surface area contributed by atoms with Gasteiger partial charge in [-0.3, -0.25) is 0 Å². The van der Waals surface area contributed by atoms with E-state index < -0.39 is 15.8 Å². The molecule has 0 fully saturated rings. The molecule has 2 rings (SSSR count). The second kappa shape index (κ2) is 4.74. The van der Waals surface area contributed by atoms with Crippen LogP contribution in [0.25, 0.3) is 0 Å². The number of hydrogen-bond acceptors (Lipinski definition) is 4. The second-order valence-corrected chi connectivity index (χ2v) is 5.85. The Kier molecular flexibility index (Phi) is 3.26. The van der Waals surface area contributed by atoms with Crippen molar-refractivity contribution in [3.8, 4) is 0 Å². The minimum Gasteiger partial charge on any atom is -0.478 e. The highest BCUT2D eigenvalue weighted by molar-refractivity contribution is 7.91. The standard InChI is InChI=1S/C13H11NO4S/c14-10-3-7-12(8-4-10)19(17,18)11-5-1-9(2-6-11)13(15)16/h1-8H,14H2,(H,15,16). The van der Waals surface area contributed by atoms with Crippen LogP contribution in [-0.4, -0.2) is 19.5 Å². The molecule has 0 atom stereocenters. The molecule has 0 saturated carbocycles. The molecule has 0 aliphatic heterocycles. The van der Waals surface area contributed by atoms with Crippen LogP contribution in [0.15, 0.2) is 58.3 Å². The number of sulfone groups is 1. The third-order valence-corrected chi connectivity index (χ3v) is 4.39. The van der Waals surface area contributed by atoms with Gasteiger partial charge in [-0.05, 0) is 48.5 Å². The van der Waals surface area contributed by atoms with Gasteiger partial charge < -0.3 is 10.8 Å². The molecule has 98 valence electrons. The van der Waals surface area contributed by atoms with Gasteiger partial charge in [0.15, 0.2) is 0 Å². The SMILES string of the molecule is Nc1ccc(S(=O)(=O)c2ccc(C(=O)O)cc2)cc1. The molecule has 0 heterocycles. The fourth-order valence-corrected chi connectivity index (χ4v) is 2.82. The first-order valence-electron chi connectivity index (χ1n) is 5.35. The highest BCUT2D eigenvalue weighted by Gasteiger charge is 2.17. The van der Waals surface area contributed by atoms with Gasteiger partial charge in [-0.15, -0.1) is 0 Å². The normalized spacial score (nSPS) is 11.2. The summed E-state index contributed by atoms with van der Waals surface area (Å²) in [5.41, 5.74) is 6.01. The van der Waals surface area contributed by atoms with Crippen molar-refractivity contribution < 1.29 is 18.3 Å². The zero-order valence-corrected chi connectivity index (χ0v) is 10.6. The number of rotatable bonds is 3. The minimum atomic E-state index is -3.65. The van der Waals surface area contributed by atoms with E-state index in [9.17, 15) is 13.2 Å². The smallest absolute Gasteiger partial charge is 0.335 e. The topological polar surface area (TPSA) is 97.5 Å². The number of nitrogens with two attached hydrogens (primary N) is 1. The number of carboxylic acids is 1. The van der Waals surface area contributed by atoms with Gasteiger partial charge in [0, 0.05) is 5.69 Å². The molecular formula is C13H11NO4S. The first-order chi connectivity index (χ1) is 8.91. The summed E-state index contributed by atoms with van der Waals surface area (Å²) in [6.07, 6.45) is 0. The van der Waals surface area contributed by atoms with Gasteiger partial charge in [0.1, 0.15) is 0 Å². The summed E-state index contributed by atoms with van der Waals surface area (Å²) in [6, 6.07) is 10.9. The molecular weight excluding hydrogens is 266 g/mol. The zero-order chi connectivity index (χ0) is 14.0. The van der Waals surface area contributed by atoms with Crippen LogP contribution < -0.4 is 5.73 Å². The van der Waals surface area contributed by atoms with Crippen molar-refractivity contribution in [3.05, 3.63) is 54.1 Å². The molecule has 2 aromatic rings. The predicted molar refractivity (Wildman–Crippen MR) is 69.7 cm³/mol. The fraction of sp³-hybridized carbons (Fsp3) is 0. The average Bonchev–Trinajstić information content (AvgIpc) is 2.39. The van der Waals surface area contributed by atoms with E-state index in [0.29, 0.717) is 5.69 Å². The Morgan fingerprint density at radius 2 is 1.32 bits per heavy atom. The van der Waals surface area contributed by atoms with E-state index in [1.165, 1.54) is 48.5 Å². The number of anilines is 1. The molecule has 0 spiro atoms. The lowest BCUT2D eigenvalue weighted by Gasteiger charge is -2.05. The fourth-order valence-electron chi connectivity index (χ4n) is 1.56. The highest BCUT2D eigenvalue weighted by Crippen LogP contribution is 2.21. The van der Waals surface area contributed by atoms with Gasteiger partial charge >= 0.3 is 5.97 Å². The van der Waals surface area contributed by atoms with E-state index in [1.54, 1.807) is 0 Å². The van der Waals surface area contributed by atoms with Crippen LogP contribution >= 0.6 is 0 Å². The molecule has 6 heteroatoms. The summed E-state index contributed by atoms with van der Waals surface area (Å²) in [7, 11) is -3.65. The number of benzene rings is 2. The third kappa shape index (κ3) is 2.58.